The molecule has 2 N–H and O–H groups in total. The molecule has 36 heavy (non-hydrogen) atoms. The summed E-state index contributed by atoms with van der Waals surface area (Å²) in [5.74, 6) is -0.776. The molecule has 0 radical (unpaired) electrons. The standard InChI is InChI=1S/C28H29ClN2O4S/c1-3-5-16-35-28(34)19-12-14-22(15-13-19)30-27(33)25(4-2)36-24-11-7-10-23(18-24)31-26(32)20-8-6-9-21(29)17-20/h6-15,17-18,25H,3-5,16H2,1-2H3,(H,30,33)(H,31,32). The number of benzene rings is 3. The molecule has 0 aliphatic heterocycles. The number of hydrogen-bond donors (Lipinski definition) is 2. The molecule has 6 nitrogen and oxygen atoms in total. The van der Waals surface area contributed by atoms with Crippen LogP contribution in [0.1, 0.15) is 53.8 Å². The van der Waals surface area contributed by atoms with Crippen LogP contribution >= 0.6 is 23.4 Å². The lowest BCUT2D eigenvalue weighted by atomic mass is 10.2. The van der Waals surface area contributed by atoms with Gasteiger partial charge in [0.2, 0.25) is 5.91 Å². The highest BCUT2D eigenvalue weighted by Gasteiger charge is 2.19. The third kappa shape index (κ3) is 8.14. The maximum atomic E-state index is 12.9. The molecule has 0 aliphatic rings. The number of ether oxygens (including phenoxy) is 1. The molecular formula is C28H29ClN2O4S. The molecule has 0 heterocycles. The van der Waals surface area contributed by atoms with E-state index >= 15 is 0 Å². The van der Waals surface area contributed by atoms with Crippen LogP contribution in [0.3, 0.4) is 0 Å². The lowest BCUT2D eigenvalue weighted by Crippen LogP contribution is -2.24. The number of carbonyl (C=O) groups is 3. The number of carbonyl (C=O) groups excluding carboxylic acids is 3. The first-order chi connectivity index (χ1) is 17.4. The Labute approximate surface area is 220 Å². The van der Waals surface area contributed by atoms with E-state index < -0.39 is 0 Å². The van der Waals surface area contributed by atoms with E-state index in [1.165, 1.54) is 11.8 Å². The molecule has 3 rings (SSSR count). The zero-order valence-corrected chi connectivity index (χ0v) is 21.8. The normalized spacial score (nSPS) is 11.4. The number of anilines is 2. The smallest absolute Gasteiger partial charge is 0.338 e. The second kappa shape index (κ2) is 13.7. The Morgan fingerprint density at radius 2 is 1.64 bits per heavy atom. The summed E-state index contributed by atoms with van der Waals surface area (Å²) in [4.78, 5) is 38.4. The Bertz CT molecular complexity index is 1200. The SMILES string of the molecule is CCCCOC(=O)c1ccc(NC(=O)C(CC)Sc2cccc(NC(=O)c3cccc(Cl)c3)c2)cc1. The van der Waals surface area contributed by atoms with Crippen molar-refractivity contribution in [2.24, 2.45) is 0 Å². The van der Waals surface area contributed by atoms with Gasteiger partial charge >= 0.3 is 5.97 Å². The number of unbranched alkanes of at least 4 members (excludes halogenated alkanes) is 1. The largest absolute Gasteiger partial charge is 0.462 e. The van der Waals surface area contributed by atoms with E-state index in [1.807, 2.05) is 32.0 Å². The van der Waals surface area contributed by atoms with Crippen LogP contribution in [0.15, 0.2) is 77.7 Å². The summed E-state index contributed by atoms with van der Waals surface area (Å²) in [6.07, 6.45) is 2.39. The molecule has 0 saturated heterocycles. The van der Waals surface area contributed by atoms with Crippen LogP contribution in [0.4, 0.5) is 11.4 Å². The minimum Gasteiger partial charge on any atom is -0.462 e. The van der Waals surface area contributed by atoms with Gasteiger partial charge < -0.3 is 15.4 Å². The average Bonchev–Trinajstić information content (AvgIpc) is 2.88. The van der Waals surface area contributed by atoms with Crippen molar-refractivity contribution in [1.82, 2.24) is 0 Å². The monoisotopic (exact) mass is 524 g/mol. The minimum atomic E-state index is -0.370. The summed E-state index contributed by atoms with van der Waals surface area (Å²) in [7, 11) is 0. The molecule has 0 saturated carbocycles. The fraction of sp³-hybridized carbons (Fsp3) is 0.250. The molecule has 1 unspecified atom stereocenters. The first kappa shape index (κ1) is 27.3. The molecular weight excluding hydrogens is 496 g/mol. The van der Waals surface area contributed by atoms with E-state index in [4.69, 9.17) is 16.3 Å². The lowest BCUT2D eigenvalue weighted by Gasteiger charge is -2.16. The van der Waals surface area contributed by atoms with Crippen molar-refractivity contribution in [3.63, 3.8) is 0 Å². The summed E-state index contributed by atoms with van der Waals surface area (Å²) in [6, 6.07) is 20.8. The van der Waals surface area contributed by atoms with Crippen LogP contribution in [-0.2, 0) is 9.53 Å². The molecule has 0 fully saturated rings. The third-order valence-corrected chi connectivity index (χ3v) is 6.83. The lowest BCUT2D eigenvalue weighted by molar-refractivity contribution is -0.115. The number of thioether (sulfide) groups is 1. The molecule has 0 spiro atoms. The van der Waals surface area contributed by atoms with Crippen LogP contribution in [0.5, 0.6) is 0 Å². The van der Waals surface area contributed by atoms with Gasteiger partial charge in [-0.15, -0.1) is 11.8 Å². The van der Waals surface area contributed by atoms with Crippen molar-refractivity contribution in [2.45, 2.75) is 43.3 Å². The number of nitrogens with one attached hydrogen (secondary N) is 2. The average molecular weight is 525 g/mol. The van der Waals surface area contributed by atoms with E-state index in [0.29, 0.717) is 40.6 Å². The zero-order valence-electron chi connectivity index (χ0n) is 20.3. The van der Waals surface area contributed by atoms with Crippen molar-refractivity contribution in [1.29, 1.82) is 0 Å². The van der Waals surface area contributed by atoms with Crippen LogP contribution in [0.2, 0.25) is 5.02 Å². The Morgan fingerprint density at radius 1 is 0.889 bits per heavy atom. The van der Waals surface area contributed by atoms with E-state index in [-0.39, 0.29) is 23.0 Å². The second-order valence-corrected chi connectivity index (χ2v) is 9.78. The molecule has 1 atom stereocenters. The Morgan fingerprint density at radius 3 is 2.33 bits per heavy atom. The van der Waals surface area contributed by atoms with Crippen molar-refractivity contribution in [2.75, 3.05) is 17.2 Å². The van der Waals surface area contributed by atoms with Crippen LogP contribution in [0.25, 0.3) is 0 Å². The van der Waals surface area contributed by atoms with Gasteiger partial charge in [0.1, 0.15) is 0 Å². The van der Waals surface area contributed by atoms with Crippen molar-refractivity contribution in [3.8, 4) is 0 Å². The molecule has 188 valence electrons. The number of amides is 2. The summed E-state index contributed by atoms with van der Waals surface area (Å²) < 4.78 is 5.21. The van der Waals surface area contributed by atoms with Crippen LogP contribution < -0.4 is 10.6 Å². The number of rotatable bonds is 11. The highest BCUT2D eigenvalue weighted by Crippen LogP contribution is 2.29. The van der Waals surface area contributed by atoms with E-state index in [2.05, 4.69) is 10.6 Å². The fourth-order valence-electron chi connectivity index (χ4n) is 3.27. The van der Waals surface area contributed by atoms with Gasteiger partial charge in [0.05, 0.1) is 17.4 Å². The topological polar surface area (TPSA) is 84.5 Å². The van der Waals surface area contributed by atoms with Gasteiger partial charge in [0, 0.05) is 26.9 Å². The molecule has 3 aromatic carbocycles. The summed E-state index contributed by atoms with van der Waals surface area (Å²) in [5.41, 5.74) is 2.14. The van der Waals surface area contributed by atoms with Gasteiger partial charge in [-0.05, 0) is 73.5 Å². The first-order valence-electron chi connectivity index (χ1n) is 11.8. The summed E-state index contributed by atoms with van der Waals surface area (Å²) in [5, 5.41) is 5.92. The maximum Gasteiger partial charge on any atom is 0.338 e. The second-order valence-electron chi connectivity index (χ2n) is 8.06. The van der Waals surface area contributed by atoms with Gasteiger partial charge in [0.15, 0.2) is 0 Å². The van der Waals surface area contributed by atoms with Gasteiger partial charge in [-0.3, -0.25) is 9.59 Å². The highest BCUT2D eigenvalue weighted by atomic mass is 35.5. The number of esters is 1. The molecule has 8 heteroatoms. The van der Waals surface area contributed by atoms with Crippen LogP contribution in [-0.4, -0.2) is 29.6 Å². The van der Waals surface area contributed by atoms with Crippen molar-refractivity contribution < 1.29 is 19.1 Å². The number of hydrogen-bond acceptors (Lipinski definition) is 5. The maximum absolute atomic E-state index is 12.9. The minimum absolute atomic E-state index is 0.144. The van der Waals surface area contributed by atoms with E-state index in [0.717, 1.165) is 17.7 Å². The first-order valence-corrected chi connectivity index (χ1v) is 13.1. The van der Waals surface area contributed by atoms with E-state index in [9.17, 15) is 14.4 Å². The predicted molar refractivity (Wildman–Crippen MR) is 146 cm³/mol. The van der Waals surface area contributed by atoms with Crippen molar-refractivity contribution in [3.05, 3.63) is 88.9 Å². The highest BCUT2D eigenvalue weighted by molar-refractivity contribution is 8.00. The quantitative estimate of drug-likeness (QED) is 0.159. The number of halogens is 1. The van der Waals surface area contributed by atoms with Gasteiger partial charge in [0.25, 0.3) is 5.91 Å². The summed E-state index contributed by atoms with van der Waals surface area (Å²) in [6.45, 7) is 4.37. The molecule has 2 amide bonds. The Hall–Kier alpha value is -3.29. The Balaban J connectivity index is 1.59. The van der Waals surface area contributed by atoms with E-state index in [1.54, 1.807) is 54.6 Å². The fourth-order valence-corrected chi connectivity index (χ4v) is 4.48. The molecule has 0 aromatic heterocycles. The summed E-state index contributed by atoms with van der Waals surface area (Å²) >= 11 is 7.40. The Kier molecular flexibility index (Phi) is 10.4. The van der Waals surface area contributed by atoms with Gasteiger partial charge in [-0.25, -0.2) is 4.79 Å². The molecule has 0 bridgehead atoms. The van der Waals surface area contributed by atoms with Gasteiger partial charge in [-0.1, -0.05) is 44.0 Å². The third-order valence-electron chi connectivity index (χ3n) is 5.24. The molecule has 3 aromatic rings. The molecule has 0 aliphatic carbocycles. The van der Waals surface area contributed by atoms with Crippen molar-refractivity contribution >= 4 is 52.5 Å². The predicted octanol–water partition coefficient (Wildman–Crippen LogP) is 7.06. The zero-order chi connectivity index (χ0) is 25.9. The van der Waals surface area contributed by atoms with Gasteiger partial charge in [-0.2, -0.15) is 0 Å². The van der Waals surface area contributed by atoms with Crippen LogP contribution in [0, 0.1) is 0 Å².